The van der Waals surface area contributed by atoms with Gasteiger partial charge < -0.3 is 9.84 Å². The molecule has 0 radical (unpaired) electrons. The lowest BCUT2D eigenvalue weighted by Gasteiger charge is -2.08. The van der Waals surface area contributed by atoms with Crippen LogP contribution in [0, 0.1) is 12.7 Å². The van der Waals surface area contributed by atoms with Crippen molar-refractivity contribution in [2.75, 3.05) is 0 Å². The van der Waals surface area contributed by atoms with Gasteiger partial charge in [-0.05, 0) is 42.8 Å². The first kappa shape index (κ1) is 13.0. The van der Waals surface area contributed by atoms with Gasteiger partial charge in [0.05, 0.1) is 5.69 Å². The predicted octanol–water partition coefficient (Wildman–Crippen LogP) is 2.81. The number of ether oxygens (including phenoxy) is 1. The second-order valence-corrected chi connectivity index (χ2v) is 4.02. The number of pyridine rings is 1. The molecule has 98 valence electrons. The second-order valence-electron chi connectivity index (χ2n) is 4.02. The minimum Gasteiger partial charge on any atom is -0.487 e. The maximum Gasteiger partial charge on any atom is 0.354 e. The van der Waals surface area contributed by atoms with Gasteiger partial charge in [-0.25, -0.2) is 14.2 Å². The highest BCUT2D eigenvalue weighted by Crippen LogP contribution is 2.19. The molecule has 2 aromatic rings. The lowest BCUT2D eigenvalue weighted by atomic mass is 10.2. The fourth-order valence-corrected chi connectivity index (χ4v) is 1.61. The number of aryl methyl sites for hydroxylation is 1. The molecule has 4 nitrogen and oxygen atoms in total. The highest BCUT2D eigenvalue weighted by atomic mass is 19.1. The predicted molar refractivity (Wildman–Crippen MR) is 66.7 cm³/mol. The van der Waals surface area contributed by atoms with Crippen molar-refractivity contribution in [1.82, 2.24) is 4.98 Å². The Labute approximate surface area is 109 Å². The molecule has 0 bridgehead atoms. The van der Waals surface area contributed by atoms with E-state index in [-0.39, 0.29) is 18.1 Å². The Morgan fingerprint density at radius 2 is 2.16 bits per heavy atom. The van der Waals surface area contributed by atoms with Crippen LogP contribution in [0.1, 0.15) is 21.7 Å². The largest absolute Gasteiger partial charge is 0.487 e. The zero-order valence-electron chi connectivity index (χ0n) is 10.3. The second kappa shape index (κ2) is 5.48. The molecule has 0 saturated heterocycles. The van der Waals surface area contributed by atoms with Gasteiger partial charge in [-0.2, -0.15) is 0 Å². The summed E-state index contributed by atoms with van der Waals surface area (Å²) in [6, 6.07) is 8.90. The van der Waals surface area contributed by atoms with E-state index < -0.39 is 5.97 Å². The summed E-state index contributed by atoms with van der Waals surface area (Å²) in [5.41, 5.74) is 1.15. The lowest BCUT2D eigenvalue weighted by molar-refractivity contribution is 0.0690. The summed E-state index contributed by atoms with van der Waals surface area (Å²) in [4.78, 5) is 14.7. The number of rotatable bonds is 4. The Kier molecular flexibility index (Phi) is 3.75. The number of aromatic nitrogens is 1. The normalized spacial score (nSPS) is 10.2. The smallest absolute Gasteiger partial charge is 0.354 e. The number of hydrogen-bond donors (Lipinski definition) is 1. The molecular formula is C14H12FNO3. The third-order valence-electron chi connectivity index (χ3n) is 2.54. The van der Waals surface area contributed by atoms with Crippen molar-refractivity contribution in [3.63, 3.8) is 0 Å². The average molecular weight is 261 g/mol. The maximum atomic E-state index is 12.9. The highest BCUT2D eigenvalue weighted by molar-refractivity contribution is 5.85. The van der Waals surface area contributed by atoms with Crippen LogP contribution in [0.25, 0.3) is 0 Å². The molecule has 1 N–H and O–H groups in total. The number of halogens is 1. The molecule has 19 heavy (non-hydrogen) atoms. The molecule has 1 heterocycles. The van der Waals surface area contributed by atoms with Crippen molar-refractivity contribution in [1.29, 1.82) is 0 Å². The van der Waals surface area contributed by atoms with Crippen LogP contribution in [0.5, 0.6) is 5.75 Å². The van der Waals surface area contributed by atoms with E-state index in [0.29, 0.717) is 17.0 Å². The van der Waals surface area contributed by atoms with Crippen molar-refractivity contribution in [3.05, 3.63) is 59.2 Å². The number of nitrogens with zero attached hydrogens (tertiary/aromatic N) is 1. The first-order valence-corrected chi connectivity index (χ1v) is 5.64. The topological polar surface area (TPSA) is 59.4 Å². The van der Waals surface area contributed by atoms with Crippen molar-refractivity contribution in [2.45, 2.75) is 13.5 Å². The molecule has 0 atom stereocenters. The fourth-order valence-electron chi connectivity index (χ4n) is 1.61. The molecule has 0 aliphatic carbocycles. The molecular weight excluding hydrogens is 249 g/mol. The van der Waals surface area contributed by atoms with Gasteiger partial charge in [0.2, 0.25) is 0 Å². The van der Waals surface area contributed by atoms with Gasteiger partial charge in [0.1, 0.15) is 23.9 Å². The van der Waals surface area contributed by atoms with E-state index >= 15 is 0 Å². The Bertz CT molecular complexity index is 613. The van der Waals surface area contributed by atoms with Crippen LogP contribution in [0.15, 0.2) is 36.4 Å². The Morgan fingerprint density at radius 3 is 2.84 bits per heavy atom. The lowest BCUT2D eigenvalue weighted by Crippen LogP contribution is -2.05. The summed E-state index contributed by atoms with van der Waals surface area (Å²) in [6.07, 6.45) is 0. The first-order chi connectivity index (χ1) is 9.06. The van der Waals surface area contributed by atoms with Gasteiger partial charge in [0, 0.05) is 0 Å². The summed E-state index contributed by atoms with van der Waals surface area (Å²) in [5, 5.41) is 8.82. The SMILES string of the molecule is Cc1cc(F)ccc1OCc1cccc(C(=O)O)n1. The molecule has 0 aliphatic heterocycles. The molecule has 1 aromatic carbocycles. The number of hydrogen-bond acceptors (Lipinski definition) is 3. The van der Waals surface area contributed by atoms with E-state index in [1.807, 2.05) is 0 Å². The molecule has 5 heteroatoms. The van der Waals surface area contributed by atoms with Gasteiger partial charge >= 0.3 is 5.97 Å². The quantitative estimate of drug-likeness (QED) is 0.919. The molecule has 2 rings (SSSR count). The Hall–Kier alpha value is -2.43. The molecule has 0 spiro atoms. The van der Waals surface area contributed by atoms with Crippen LogP contribution in [0.2, 0.25) is 0 Å². The minimum atomic E-state index is -1.08. The number of aromatic carboxylic acids is 1. The third kappa shape index (κ3) is 3.28. The number of carbonyl (C=O) groups is 1. The summed E-state index contributed by atoms with van der Waals surface area (Å²) >= 11 is 0. The number of carboxylic acid groups (broad SMARTS) is 1. The molecule has 0 aliphatic rings. The summed E-state index contributed by atoms with van der Waals surface area (Å²) in [7, 11) is 0. The van der Waals surface area contributed by atoms with E-state index in [0.717, 1.165) is 0 Å². The Morgan fingerprint density at radius 1 is 1.37 bits per heavy atom. The number of benzene rings is 1. The van der Waals surface area contributed by atoms with E-state index in [9.17, 15) is 9.18 Å². The van der Waals surface area contributed by atoms with E-state index in [2.05, 4.69) is 4.98 Å². The van der Waals surface area contributed by atoms with Gasteiger partial charge in [-0.1, -0.05) is 6.07 Å². The van der Waals surface area contributed by atoms with Crippen molar-refractivity contribution in [3.8, 4) is 5.75 Å². The highest BCUT2D eigenvalue weighted by Gasteiger charge is 2.06. The van der Waals surface area contributed by atoms with E-state index in [1.54, 1.807) is 19.1 Å². The molecule has 0 fully saturated rings. The van der Waals surface area contributed by atoms with Crippen LogP contribution in [-0.4, -0.2) is 16.1 Å². The molecule has 1 aromatic heterocycles. The molecule has 0 unspecified atom stereocenters. The van der Waals surface area contributed by atoms with Gasteiger partial charge in [0.15, 0.2) is 0 Å². The van der Waals surface area contributed by atoms with E-state index in [1.165, 1.54) is 24.3 Å². The van der Waals surface area contributed by atoms with Crippen molar-refractivity contribution >= 4 is 5.97 Å². The van der Waals surface area contributed by atoms with Gasteiger partial charge in [-0.15, -0.1) is 0 Å². The standard InChI is InChI=1S/C14H12FNO3/c1-9-7-10(15)5-6-13(9)19-8-11-3-2-4-12(16-11)14(17)18/h2-7H,8H2,1H3,(H,17,18). The van der Waals surface area contributed by atoms with Crippen LogP contribution in [-0.2, 0) is 6.61 Å². The molecule has 0 saturated carbocycles. The van der Waals surface area contributed by atoms with E-state index in [4.69, 9.17) is 9.84 Å². The first-order valence-electron chi connectivity index (χ1n) is 5.64. The summed E-state index contributed by atoms with van der Waals surface area (Å²) in [6.45, 7) is 1.87. The maximum absolute atomic E-state index is 12.9. The van der Waals surface area contributed by atoms with Crippen LogP contribution >= 0.6 is 0 Å². The van der Waals surface area contributed by atoms with Gasteiger partial charge in [0.25, 0.3) is 0 Å². The van der Waals surface area contributed by atoms with Crippen molar-refractivity contribution < 1.29 is 19.0 Å². The minimum absolute atomic E-state index is 0.0306. The molecule has 0 amide bonds. The van der Waals surface area contributed by atoms with Crippen LogP contribution in [0.3, 0.4) is 0 Å². The Balaban J connectivity index is 2.10. The van der Waals surface area contributed by atoms with Crippen LogP contribution in [0.4, 0.5) is 4.39 Å². The zero-order valence-corrected chi connectivity index (χ0v) is 10.3. The summed E-state index contributed by atoms with van der Waals surface area (Å²) < 4.78 is 18.4. The van der Waals surface area contributed by atoms with Crippen molar-refractivity contribution in [2.24, 2.45) is 0 Å². The van der Waals surface area contributed by atoms with Crippen LogP contribution < -0.4 is 4.74 Å². The third-order valence-corrected chi connectivity index (χ3v) is 2.54. The number of carboxylic acids is 1. The summed E-state index contributed by atoms with van der Waals surface area (Å²) in [5.74, 6) is -0.861. The fraction of sp³-hybridized carbons (Fsp3) is 0.143. The monoisotopic (exact) mass is 261 g/mol. The zero-order chi connectivity index (χ0) is 13.8. The van der Waals surface area contributed by atoms with Gasteiger partial charge in [-0.3, -0.25) is 0 Å². The average Bonchev–Trinajstić information content (AvgIpc) is 2.38.